The summed E-state index contributed by atoms with van der Waals surface area (Å²) in [6.07, 6.45) is 0. The number of anilines is 2. The number of sulfonamides is 1. The standard InChI is InChI=1S/C23H23N3O5S/c1-16-3-13-21(14-4-16)32(29,30)26(19-9-11-20(31-2)12-10-19)15-22(27)25-18-7-5-17(6-8-18)23(24)28/h3-14H,15H2,1-2H3,(H2,24,28)(H,25,27). The Morgan fingerprint density at radius 2 is 1.53 bits per heavy atom. The van der Waals surface area contributed by atoms with Crippen LogP contribution in [0, 0.1) is 6.92 Å². The normalized spacial score (nSPS) is 10.9. The number of amides is 2. The number of nitrogens with one attached hydrogen (secondary N) is 1. The molecule has 9 heteroatoms. The van der Waals surface area contributed by atoms with Gasteiger partial charge < -0.3 is 15.8 Å². The van der Waals surface area contributed by atoms with Crippen LogP contribution < -0.4 is 20.1 Å². The zero-order valence-electron chi connectivity index (χ0n) is 17.6. The third-order valence-corrected chi connectivity index (χ3v) is 6.50. The van der Waals surface area contributed by atoms with Crippen molar-refractivity contribution in [2.24, 2.45) is 5.73 Å². The van der Waals surface area contributed by atoms with Crippen LogP contribution in [-0.4, -0.2) is 33.9 Å². The lowest BCUT2D eigenvalue weighted by atomic mass is 10.2. The monoisotopic (exact) mass is 453 g/mol. The molecule has 0 aliphatic carbocycles. The van der Waals surface area contributed by atoms with Crippen LogP contribution in [0.25, 0.3) is 0 Å². The highest BCUT2D eigenvalue weighted by Gasteiger charge is 2.27. The molecule has 0 saturated carbocycles. The molecule has 0 aliphatic rings. The highest BCUT2D eigenvalue weighted by atomic mass is 32.2. The molecular weight excluding hydrogens is 430 g/mol. The van der Waals surface area contributed by atoms with Crippen molar-refractivity contribution < 1.29 is 22.7 Å². The first kappa shape index (κ1) is 22.8. The lowest BCUT2D eigenvalue weighted by Gasteiger charge is -2.24. The van der Waals surface area contributed by atoms with Gasteiger partial charge >= 0.3 is 0 Å². The Labute approximate surface area is 186 Å². The van der Waals surface area contributed by atoms with Crippen molar-refractivity contribution in [3.05, 3.63) is 83.9 Å². The van der Waals surface area contributed by atoms with E-state index in [1.165, 1.54) is 43.5 Å². The van der Waals surface area contributed by atoms with Gasteiger partial charge in [-0.15, -0.1) is 0 Å². The van der Waals surface area contributed by atoms with Gasteiger partial charge in [0.2, 0.25) is 11.8 Å². The van der Waals surface area contributed by atoms with Gasteiger partial charge in [-0.1, -0.05) is 17.7 Å². The van der Waals surface area contributed by atoms with E-state index in [9.17, 15) is 18.0 Å². The number of nitrogens with zero attached hydrogens (tertiary/aromatic N) is 1. The molecule has 0 aromatic heterocycles. The van der Waals surface area contributed by atoms with Gasteiger partial charge in [-0.2, -0.15) is 0 Å². The molecule has 0 atom stereocenters. The first-order valence-corrected chi connectivity index (χ1v) is 11.1. The molecule has 166 valence electrons. The number of carbonyl (C=O) groups is 2. The van der Waals surface area contributed by atoms with Crippen LogP contribution in [0.3, 0.4) is 0 Å². The summed E-state index contributed by atoms with van der Waals surface area (Å²) >= 11 is 0. The Morgan fingerprint density at radius 3 is 2.06 bits per heavy atom. The van der Waals surface area contributed by atoms with Gasteiger partial charge in [0.25, 0.3) is 10.0 Å². The summed E-state index contributed by atoms with van der Waals surface area (Å²) in [5.74, 6) is -0.582. The molecule has 0 aliphatic heterocycles. The Hall–Kier alpha value is -3.85. The van der Waals surface area contributed by atoms with Gasteiger partial charge in [0.15, 0.2) is 0 Å². The van der Waals surface area contributed by atoms with E-state index in [1.807, 2.05) is 6.92 Å². The number of primary amides is 1. The van der Waals surface area contributed by atoms with Crippen LogP contribution in [0.5, 0.6) is 5.75 Å². The molecule has 32 heavy (non-hydrogen) atoms. The second kappa shape index (κ2) is 9.52. The van der Waals surface area contributed by atoms with Crippen molar-refractivity contribution in [2.75, 3.05) is 23.3 Å². The Kier molecular flexibility index (Phi) is 6.79. The summed E-state index contributed by atoms with van der Waals surface area (Å²) in [6.45, 7) is 1.40. The maximum atomic E-state index is 13.4. The number of ether oxygens (including phenoxy) is 1. The number of carbonyl (C=O) groups excluding carboxylic acids is 2. The van der Waals surface area contributed by atoms with Gasteiger partial charge in [0.1, 0.15) is 12.3 Å². The fraction of sp³-hybridized carbons (Fsp3) is 0.130. The number of nitrogens with two attached hydrogens (primary N) is 1. The minimum atomic E-state index is -4.03. The predicted molar refractivity (Wildman–Crippen MR) is 122 cm³/mol. The van der Waals surface area contributed by atoms with E-state index < -0.39 is 28.4 Å². The smallest absolute Gasteiger partial charge is 0.264 e. The number of aryl methyl sites for hydroxylation is 1. The van der Waals surface area contributed by atoms with E-state index in [1.54, 1.807) is 36.4 Å². The Balaban J connectivity index is 1.90. The lowest BCUT2D eigenvalue weighted by Crippen LogP contribution is -2.38. The molecule has 3 aromatic rings. The van der Waals surface area contributed by atoms with E-state index in [4.69, 9.17) is 10.5 Å². The summed E-state index contributed by atoms with van der Waals surface area (Å²) < 4.78 is 32.9. The van der Waals surface area contributed by atoms with Crippen LogP contribution >= 0.6 is 0 Å². The zero-order valence-corrected chi connectivity index (χ0v) is 18.4. The summed E-state index contributed by atoms with van der Waals surface area (Å²) in [6, 6.07) is 18.8. The average Bonchev–Trinajstić information content (AvgIpc) is 2.78. The molecule has 0 spiro atoms. The number of hydrogen-bond acceptors (Lipinski definition) is 5. The van der Waals surface area contributed by atoms with Crippen molar-refractivity contribution in [3.8, 4) is 5.75 Å². The number of methoxy groups -OCH3 is 1. The van der Waals surface area contributed by atoms with Crippen molar-refractivity contribution in [1.82, 2.24) is 0 Å². The van der Waals surface area contributed by atoms with E-state index in [-0.39, 0.29) is 4.90 Å². The topological polar surface area (TPSA) is 119 Å². The molecule has 3 rings (SSSR count). The largest absolute Gasteiger partial charge is 0.497 e. The Bertz CT molecular complexity index is 1210. The molecule has 3 aromatic carbocycles. The van der Waals surface area contributed by atoms with Gasteiger partial charge in [-0.3, -0.25) is 13.9 Å². The SMILES string of the molecule is COc1ccc(N(CC(=O)Nc2ccc(C(N)=O)cc2)S(=O)(=O)c2ccc(C)cc2)cc1. The fourth-order valence-electron chi connectivity index (χ4n) is 2.95. The maximum absolute atomic E-state index is 13.4. The summed E-state index contributed by atoms with van der Waals surface area (Å²) in [4.78, 5) is 24.0. The van der Waals surface area contributed by atoms with Crippen molar-refractivity contribution in [2.45, 2.75) is 11.8 Å². The first-order valence-electron chi connectivity index (χ1n) is 9.64. The molecule has 0 radical (unpaired) electrons. The van der Waals surface area contributed by atoms with E-state index in [2.05, 4.69) is 5.32 Å². The van der Waals surface area contributed by atoms with Crippen molar-refractivity contribution >= 4 is 33.2 Å². The number of benzene rings is 3. The summed E-state index contributed by atoms with van der Waals surface area (Å²) in [7, 11) is -2.52. The molecule has 0 bridgehead atoms. The molecular formula is C23H23N3O5S. The van der Waals surface area contributed by atoms with Crippen molar-refractivity contribution in [3.63, 3.8) is 0 Å². The maximum Gasteiger partial charge on any atom is 0.264 e. The van der Waals surface area contributed by atoms with E-state index in [0.717, 1.165) is 9.87 Å². The van der Waals surface area contributed by atoms with Crippen LogP contribution in [0.4, 0.5) is 11.4 Å². The van der Waals surface area contributed by atoms with Crippen LogP contribution in [-0.2, 0) is 14.8 Å². The molecule has 8 nitrogen and oxygen atoms in total. The number of hydrogen-bond donors (Lipinski definition) is 2. The molecule has 3 N–H and O–H groups in total. The van der Waals surface area contributed by atoms with Crippen LogP contribution in [0.15, 0.2) is 77.7 Å². The van der Waals surface area contributed by atoms with E-state index >= 15 is 0 Å². The summed E-state index contributed by atoms with van der Waals surface area (Å²) in [5, 5.41) is 2.64. The van der Waals surface area contributed by atoms with E-state index in [0.29, 0.717) is 22.7 Å². The van der Waals surface area contributed by atoms with Gasteiger partial charge in [-0.05, 0) is 67.6 Å². The highest BCUT2D eigenvalue weighted by molar-refractivity contribution is 7.92. The molecule has 0 unspecified atom stereocenters. The van der Waals surface area contributed by atoms with Crippen molar-refractivity contribution in [1.29, 1.82) is 0 Å². The number of rotatable bonds is 8. The third kappa shape index (κ3) is 5.25. The summed E-state index contributed by atoms with van der Waals surface area (Å²) in [5.41, 5.74) is 7.15. The van der Waals surface area contributed by atoms with Gasteiger partial charge in [0.05, 0.1) is 17.7 Å². The quantitative estimate of drug-likeness (QED) is 0.544. The fourth-order valence-corrected chi connectivity index (χ4v) is 4.37. The first-order chi connectivity index (χ1) is 15.2. The molecule has 0 heterocycles. The minimum Gasteiger partial charge on any atom is -0.497 e. The van der Waals surface area contributed by atoms with Gasteiger partial charge in [-0.25, -0.2) is 8.42 Å². The second-order valence-corrected chi connectivity index (χ2v) is 8.87. The molecule has 0 saturated heterocycles. The lowest BCUT2D eigenvalue weighted by molar-refractivity contribution is -0.114. The van der Waals surface area contributed by atoms with Crippen LogP contribution in [0.2, 0.25) is 0 Å². The molecule has 2 amide bonds. The predicted octanol–water partition coefficient (Wildman–Crippen LogP) is 2.94. The van der Waals surface area contributed by atoms with Gasteiger partial charge in [0, 0.05) is 11.3 Å². The zero-order chi connectivity index (χ0) is 23.3. The Morgan fingerprint density at radius 1 is 0.938 bits per heavy atom. The van der Waals surface area contributed by atoms with Crippen LogP contribution in [0.1, 0.15) is 15.9 Å². The average molecular weight is 454 g/mol. The highest BCUT2D eigenvalue weighted by Crippen LogP contribution is 2.26. The third-order valence-electron chi connectivity index (χ3n) is 4.71. The minimum absolute atomic E-state index is 0.0672. The molecule has 0 fully saturated rings. The second-order valence-electron chi connectivity index (χ2n) is 7.01.